The Morgan fingerprint density at radius 1 is 1.56 bits per heavy atom. The average Bonchev–Trinajstić information content (AvgIpc) is 2.33. The molecule has 0 saturated heterocycles. The summed E-state index contributed by atoms with van der Waals surface area (Å²) in [4.78, 5) is 1.52. The second-order valence-electron chi connectivity index (χ2n) is 2.13. The fraction of sp³-hybridized carbons (Fsp3) is 0.286. The summed E-state index contributed by atoms with van der Waals surface area (Å²) < 4.78 is 0. The first-order valence-corrected chi connectivity index (χ1v) is 4.54. The van der Waals surface area contributed by atoms with E-state index in [-0.39, 0.29) is 0 Å². The van der Waals surface area contributed by atoms with Crippen molar-refractivity contribution in [3.8, 4) is 0 Å². The molecule has 9 heavy (non-hydrogen) atoms. The zero-order valence-corrected chi connectivity index (χ0v) is 5.95. The van der Waals surface area contributed by atoms with Crippen molar-refractivity contribution in [1.29, 1.82) is 0 Å². The van der Waals surface area contributed by atoms with Gasteiger partial charge in [0.2, 0.25) is 0 Å². The zero-order valence-electron chi connectivity index (χ0n) is 5.13. The maximum absolute atomic E-state index is 3.32. The van der Waals surface area contributed by atoms with Crippen LogP contribution < -0.4 is 5.32 Å². The third-order valence-electron chi connectivity index (χ3n) is 1.51. The van der Waals surface area contributed by atoms with E-state index in [0.29, 0.717) is 10.5 Å². The van der Waals surface area contributed by atoms with Crippen molar-refractivity contribution in [1.82, 2.24) is 5.32 Å². The Kier molecular flexibility index (Phi) is 1.28. The summed E-state index contributed by atoms with van der Waals surface area (Å²) in [5.74, 6) is 1.15. The van der Waals surface area contributed by atoms with Gasteiger partial charge in [0, 0.05) is 17.3 Å². The molecule has 1 N–H and O–H groups in total. The van der Waals surface area contributed by atoms with Crippen LogP contribution in [0.15, 0.2) is 23.1 Å². The Labute approximate surface area is 57.4 Å². The maximum atomic E-state index is 3.32. The van der Waals surface area contributed by atoms with Gasteiger partial charge in [-0.15, -0.1) is 10.5 Å². The summed E-state index contributed by atoms with van der Waals surface area (Å²) in [6.45, 7) is 1.05. The van der Waals surface area contributed by atoms with E-state index < -0.39 is 0 Å². The van der Waals surface area contributed by atoms with Gasteiger partial charge in [-0.3, -0.25) is 0 Å². The van der Waals surface area contributed by atoms with Crippen LogP contribution in [0.25, 0.3) is 0 Å². The highest BCUT2D eigenvalue weighted by Crippen LogP contribution is 2.29. The molecule has 1 unspecified atom stereocenters. The number of hydrogen-bond donors (Lipinski definition) is 1. The van der Waals surface area contributed by atoms with E-state index in [1.165, 1.54) is 4.91 Å². The Morgan fingerprint density at radius 3 is 3.44 bits per heavy atom. The molecule has 0 radical (unpaired) electrons. The second-order valence-corrected chi connectivity index (χ2v) is 4.02. The summed E-state index contributed by atoms with van der Waals surface area (Å²) in [6.07, 6.45) is 6.64. The van der Waals surface area contributed by atoms with Crippen LogP contribution in [0, 0.1) is 0 Å². The molecule has 0 amide bonds. The first kappa shape index (κ1) is 5.45. The van der Waals surface area contributed by atoms with Crippen molar-refractivity contribution in [2.24, 2.45) is 0 Å². The summed E-state index contributed by atoms with van der Waals surface area (Å²) in [7, 11) is 0.429. The van der Waals surface area contributed by atoms with E-state index in [9.17, 15) is 0 Å². The van der Waals surface area contributed by atoms with Crippen LogP contribution in [-0.4, -0.2) is 17.8 Å². The molecule has 0 saturated carbocycles. The maximum Gasteiger partial charge on any atom is 0.0413 e. The summed E-state index contributed by atoms with van der Waals surface area (Å²) >= 11 is 0. The molecule has 2 rings (SSSR count). The number of nitrogens with one attached hydrogen (secondary N) is 1. The van der Waals surface area contributed by atoms with Gasteiger partial charge in [-0.25, -0.2) is 0 Å². The molecule has 48 valence electrons. The number of hydrogen-bond acceptors (Lipinski definition) is 1. The van der Waals surface area contributed by atoms with Crippen molar-refractivity contribution in [3.05, 3.63) is 23.1 Å². The molecule has 0 aliphatic carbocycles. The molecule has 1 nitrogen and oxygen atoms in total. The molecule has 0 fully saturated rings. The van der Waals surface area contributed by atoms with Crippen LogP contribution in [0.3, 0.4) is 0 Å². The smallest absolute Gasteiger partial charge is 0.0413 e. The molecule has 0 aromatic heterocycles. The van der Waals surface area contributed by atoms with Crippen molar-refractivity contribution in [2.45, 2.75) is 0 Å². The quantitative estimate of drug-likeness (QED) is 0.495. The Balaban J connectivity index is 2.38. The summed E-state index contributed by atoms with van der Waals surface area (Å²) in [5.41, 5.74) is 0. The van der Waals surface area contributed by atoms with Crippen molar-refractivity contribution >= 4 is 15.9 Å². The third-order valence-corrected chi connectivity index (χ3v) is 3.42. The van der Waals surface area contributed by atoms with Crippen LogP contribution in [-0.2, 0) is 0 Å². The van der Waals surface area contributed by atoms with Gasteiger partial charge in [-0.2, -0.15) is 0 Å². The molecule has 0 bridgehead atoms. The van der Waals surface area contributed by atoms with Gasteiger partial charge in [0.05, 0.1) is 0 Å². The lowest BCUT2D eigenvalue weighted by atomic mass is 10.4. The fourth-order valence-electron chi connectivity index (χ4n) is 1.04. The lowest BCUT2D eigenvalue weighted by molar-refractivity contribution is 0.882. The topological polar surface area (TPSA) is 12.0 Å². The molecule has 2 aliphatic rings. The highest BCUT2D eigenvalue weighted by Gasteiger charge is 2.06. The molecule has 2 aliphatic heterocycles. The second kappa shape index (κ2) is 2.12. The van der Waals surface area contributed by atoms with Crippen LogP contribution in [0.4, 0.5) is 0 Å². The van der Waals surface area contributed by atoms with E-state index in [4.69, 9.17) is 0 Å². The van der Waals surface area contributed by atoms with Gasteiger partial charge in [-0.1, -0.05) is 12.2 Å². The molecular weight excluding hydrogens is 130 g/mol. The normalized spacial score (nSPS) is 31.1. The van der Waals surface area contributed by atoms with Gasteiger partial charge < -0.3 is 5.32 Å². The predicted octanol–water partition coefficient (Wildman–Crippen LogP) is 1.07. The summed E-state index contributed by atoms with van der Waals surface area (Å²) in [5, 5.41) is 5.60. The number of rotatable bonds is 0. The fourth-order valence-corrected chi connectivity index (χ4v) is 2.62. The Bertz CT molecular complexity index is 213. The van der Waals surface area contributed by atoms with Crippen molar-refractivity contribution in [3.63, 3.8) is 0 Å². The first-order valence-electron chi connectivity index (χ1n) is 3.09. The Morgan fingerprint density at radius 2 is 2.56 bits per heavy atom. The van der Waals surface area contributed by atoms with Gasteiger partial charge in [-0.05, 0) is 11.4 Å². The minimum absolute atomic E-state index is 0.429. The van der Waals surface area contributed by atoms with Crippen molar-refractivity contribution < 1.29 is 0 Å². The van der Waals surface area contributed by atoms with E-state index in [1.807, 2.05) is 0 Å². The van der Waals surface area contributed by atoms with Crippen LogP contribution in [0.5, 0.6) is 0 Å². The zero-order chi connectivity index (χ0) is 6.10. The van der Waals surface area contributed by atoms with Gasteiger partial charge >= 0.3 is 0 Å². The van der Waals surface area contributed by atoms with Crippen LogP contribution in [0.1, 0.15) is 0 Å². The number of allylic oxidation sites excluding steroid dienone is 2. The highest BCUT2D eigenvalue weighted by molar-refractivity contribution is 8.19. The lowest BCUT2D eigenvalue weighted by Crippen LogP contribution is -2.17. The minimum atomic E-state index is 0.429. The van der Waals surface area contributed by atoms with Crippen LogP contribution >= 0.6 is 10.5 Å². The van der Waals surface area contributed by atoms with E-state index in [1.54, 1.807) is 0 Å². The predicted molar refractivity (Wildman–Crippen MR) is 43.7 cm³/mol. The van der Waals surface area contributed by atoms with E-state index in [0.717, 1.165) is 12.4 Å². The molecular formula is C7H9NS. The molecule has 0 aromatic rings. The standard InChI is InChI=1S/C7H9NS/c1-2-7-3-4-8-6-9(7)5-1/h1-3,5,8H,4,6H2. The molecule has 2 heteroatoms. The SMILES string of the molecule is C1=CC2=CCNCS2=C1. The van der Waals surface area contributed by atoms with E-state index in [2.05, 4.69) is 28.9 Å². The van der Waals surface area contributed by atoms with Gasteiger partial charge in [0.25, 0.3) is 0 Å². The molecule has 2 heterocycles. The monoisotopic (exact) mass is 139 g/mol. The van der Waals surface area contributed by atoms with Gasteiger partial charge in [0.15, 0.2) is 0 Å². The molecule has 1 atom stereocenters. The van der Waals surface area contributed by atoms with E-state index >= 15 is 0 Å². The van der Waals surface area contributed by atoms with Crippen LogP contribution in [0.2, 0.25) is 0 Å². The minimum Gasteiger partial charge on any atom is -0.304 e. The first-order chi connectivity index (χ1) is 4.47. The summed E-state index contributed by atoms with van der Waals surface area (Å²) in [6, 6.07) is 0. The average molecular weight is 139 g/mol. The molecule has 0 aromatic carbocycles. The largest absolute Gasteiger partial charge is 0.304 e. The third kappa shape index (κ3) is 0.884. The number of fused-ring (bicyclic) bond motifs is 1. The lowest BCUT2D eigenvalue weighted by Gasteiger charge is -2.12. The van der Waals surface area contributed by atoms with Crippen molar-refractivity contribution in [2.75, 3.05) is 12.4 Å². The Hall–Kier alpha value is -0.340. The highest BCUT2D eigenvalue weighted by atomic mass is 32.2. The van der Waals surface area contributed by atoms with Gasteiger partial charge in [0.1, 0.15) is 0 Å². The molecule has 0 spiro atoms.